The largest absolute Gasteiger partial charge is 0.480 e. The molecular formula is C11H11Cl2NO2. The second kappa shape index (κ2) is 4.62. The third-order valence-corrected chi connectivity index (χ3v) is 3.08. The monoisotopic (exact) mass is 259 g/mol. The van der Waals surface area contributed by atoms with Crippen LogP contribution in [0.25, 0.3) is 0 Å². The van der Waals surface area contributed by atoms with Crippen LogP contribution < -0.4 is 5.32 Å². The maximum Gasteiger partial charge on any atom is 0.325 e. The molecule has 0 saturated heterocycles. The number of carbonyl (C=O) groups is 1. The summed E-state index contributed by atoms with van der Waals surface area (Å²) in [6.07, 6.45) is 2.03. The smallest absolute Gasteiger partial charge is 0.325 e. The van der Waals surface area contributed by atoms with Crippen molar-refractivity contribution in [3.8, 4) is 0 Å². The van der Waals surface area contributed by atoms with Gasteiger partial charge in [-0.15, -0.1) is 0 Å². The molecule has 1 atom stereocenters. The second-order valence-electron chi connectivity index (χ2n) is 3.88. The minimum Gasteiger partial charge on any atom is -0.480 e. The van der Waals surface area contributed by atoms with Gasteiger partial charge in [-0.2, -0.15) is 0 Å². The van der Waals surface area contributed by atoms with E-state index in [2.05, 4.69) is 5.32 Å². The number of carboxylic acid groups (broad SMARTS) is 1. The molecule has 2 N–H and O–H groups in total. The Morgan fingerprint density at radius 3 is 2.69 bits per heavy atom. The highest BCUT2D eigenvalue weighted by molar-refractivity contribution is 6.33. The molecule has 1 aromatic carbocycles. The zero-order valence-corrected chi connectivity index (χ0v) is 9.92. The number of halogens is 2. The second-order valence-corrected chi connectivity index (χ2v) is 4.72. The van der Waals surface area contributed by atoms with Gasteiger partial charge in [0, 0.05) is 21.7 Å². The topological polar surface area (TPSA) is 49.3 Å². The van der Waals surface area contributed by atoms with Crippen molar-refractivity contribution in [2.45, 2.75) is 24.9 Å². The van der Waals surface area contributed by atoms with Gasteiger partial charge in [-0.05, 0) is 31.0 Å². The molecule has 0 amide bonds. The van der Waals surface area contributed by atoms with Crippen LogP contribution in [0, 0.1) is 0 Å². The third-order valence-electron chi connectivity index (χ3n) is 2.50. The number of aliphatic carboxylic acids is 1. The molecule has 0 aliphatic heterocycles. The molecule has 5 heteroatoms. The molecule has 1 aliphatic carbocycles. The molecule has 0 bridgehead atoms. The van der Waals surface area contributed by atoms with Gasteiger partial charge in [0.05, 0.1) is 0 Å². The molecule has 1 aliphatic rings. The van der Waals surface area contributed by atoms with Crippen LogP contribution in [0.15, 0.2) is 18.2 Å². The van der Waals surface area contributed by atoms with Crippen molar-refractivity contribution in [1.29, 1.82) is 0 Å². The van der Waals surface area contributed by atoms with Gasteiger partial charge in [0.15, 0.2) is 0 Å². The summed E-state index contributed by atoms with van der Waals surface area (Å²) in [6.45, 7) is 0. The van der Waals surface area contributed by atoms with E-state index in [4.69, 9.17) is 28.3 Å². The lowest BCUT2D eigenvalue weighted by molar-refractivity contribution is -0.139. The van der Waals surface area contributed by atoms with Crippen molar-refractivity contribution >= 4 is 29.2 Å². The van der Waals surface area contributed by atoms with E-state index in [-0.39, 0.29) is 6.04 Å². The Hall–Kier alpha value is -0.770. The number of hydrogen-bond donors (Lipinski definition) is 2. The van der Waals surface area contributed by atoms with E-state index in [0.717, 1.165) is 12.8 Å². The Morgan fingerprint density at radius 2 is 2.12 bits per heavy atom. The van der Waals surface area contributed by atoms with Crippen LogP contribution in [0.1, 0.15) is 24.4 Å². The summed E-state index contributed by atoms with van der Waals surface area (Å²) >= 11 is 11.8. The normalized spacial score (nSPS) is 17.1. The Bertz CT molecular complexity index is 418. The molecular weight excluding hydrogens is 249 g/mol. The lowest BCUT2D eigenvalue weighted by Crippen LogP contribution is -2.30. The van der Waals surface area contributed by atoms with Crippen molar-refractivity contribution in [1.82, 2.24) is 5.32 Å². The molecule has 1 aromatic rings. The lowest BCUT2D eigenvalue weighted by atomic mass is 10.1. The predicted octanol–water partition coefficient (Wildman–Crippen LogP) is 2.87. The molecule has 16 heavy (non-hydrogen) atoms. The van der Waals surface area contributed by atoms with E-state index in [0.29, 0.717) is 15.6 Å². The van der Waals surface area contributed by atoms with E-state index in [1.807, 2.05) is 0 Å². The van der Waals surface area contributed by atoms with Gasteiger partial charge in [-0.25, -0.2) is 0 Å². The highest BCUT2D eigenvalue weighted by Gasteiger charge is 2.30. The minimum absolute atomic E-state index is 0.288. The first-order valence-corrected chi connectivity index (χ1v) is 5.77. The highest BCUT2D eigenvalue weighted by atomic mass is 35.5. The van der Waals surface area contributed by atoms with Gasteiger partial charge < -0.3 is 5.11 Å². The van der Waals surface area contributed by atoms with Crippen LogP contribution in [0.2, 0.25) is 10.0 Å². The summed E-state index contributed by atoms with van der Waals surface area (Å²) in [6, 6.07) is 4.36. The van der Waals surface area contributed by atoms with E-state index in [1.165, 1.54) is 0 Å². The van der Waals surface area contributed by atoms with Crippen molar-refractivity contribution in [3.05, 3.63) is 33.8 Å². The average molecular weight is 260 g/mol. The summed E-state index contributed by atoms with van der Waals surface area (Å²) < 4.78 is 0. The van der Waals surface area contributed by atoms with Crippen LogP contribution in [0.5, 0.6) is 0 Å². The zero-order valence-electron chi connectivity index (χ0n) is 8.41. The van der Waals surface area contributed by atoms with Gasteiger partial charge in [0.2, 0.25) is 0 Å². The molecule has 86 valence electrons. The fraction of sp³-hybridized carbons (Fsp3) is 0.364. The predicted molar refractivity (Wildman–Crippen MR) is 63.0 cm³/mol. The van der Waals surface area contributed by atoms with Gasteiger partial charge in [0.1, 0.15) is 6.04 Å². The number of hydrogen-bond acceptors (Lipinski definition) is 2. The number of benzene rings is 1. The molecule has 0 heterocycles. The van der Waals surface area contributed by atoms with E-state index >= 15 is 0 Å². The van der Waals surface area contributed by atoms with Crippen molar-refractivity contribution in [2.24, 2.45) is 0 Å². The highest BCUT2D eigenvalue weighted by Crippen LogP contribution is 2.30. The van der Waals surface area contributed by atoms with Crippen molar-refractivity contribution in [2.75, 3.05) is 0 Å². The van der Waals surface area contributed by atoms with Crippen LogP contribution >= 0.6 is 23.2 Å². The summed E-state index contributed by atoms with van der Waals surface area (Å²) in [7, 11) is 0. The summed E-state index contributed by atoms with van der Waals surface area (Å²) in [5.74, 6) is -0.934. The fourth-order valence-electron chi connectivity index (χ4n) is 1.52. The Balaban J connectivity index is 2.29. The van der Waals surface area contributed by atoms with Gasteiger partial charge >= 0.3 is 5.97 Å². The van der Waals surface area contributed by atoms with Gasteiger partial charge in [-0.1, -0.05) is 23.2 Å². The molecule has 2 rings (SSSR count). The SMILES string of the molecule is O=C(O)C(NC1CC1)c1cc(Cl)ccc1Cl. The van der Waals surface area contributed by atoms with Crippen molar-refractivity contribution < 1.29 is 9.90 Å². The van der Waals surface area contributed by atoms with E-state index in [9.17, 15) is 4.79 Å². The van der Waals surface area contributed by atoms with Crippen LogP contribution in [0.4, 0.5) is 0 Å². The molecule has 0 aromatic heterocycles. The first kappa shape index (κ1) is 11.7. The Labute approximate surface area is 103 Å². The van der Waals surface area contributed by atoms with Gasteiger partial charge in [0.25, 0.3) is 0 Å². The first-order chi connectivity index (χ1) is 7.58. The minimum atomic E-state index is -0.934. The lowest BCUT2D eigenvalue weighted by Gasteiger charge is -2.15. The zero-order chi connectivity index (χ0) is 11.7. The Kier molecular flexibility index (Phi) is 3.38. The molecule has 1 unspecified atom stereocenters. The van der Waals surface area contributed by atoms with Crippen LogP contribution in [-0.2, 0) is 4.79 Å². The summed E-state index contributed by atoms with van der Waals surface area (Å²) in [4.78, 5) is 11.2. The van der Waals surface area contributed by atoms with E-state index in [1.54, 1.807) is 18.2 Å². The first-order valence-electron chi connectivity index (χ1n) is 5.01. The number of rotatable bonds is 4. The summed E-state index contributed by atoms with van der Waals surface area (Å²) in [5.41, 5.74) is 0.522. The molecule has 0 radical (unpaired) electrons. The number of carboxylic acids is 1. The van der Waals surface area contributed by atoms with Crippen LogP contribution in [0.3, 0.4) is 0 Å². The van der Waals surface area contributed by atoms with E-state index < -0.39 is 12.0 Å². The molecule has 1 fully saturated rings. The standard InChI is InChI=1S/C11H11Cl2NO2/c12-6-1-4-9(13)8(5-6)10(11(15)16)14-7-2-3-7/h1,4-5,7,10,14H,2-3H2,(H,15,16). The fourth-order valence-corrected chi connectivity index (χ4v) is 1.92. The molecule has 0 spiro atoms. The maximum atomic E-state index is 11.2. The third kappa shape index (κ3) is 2.67. The molecule has 1 saturated carbocycles. The average Bonchev–Trinajstić information content (AvgIpc) is 3.02. The maximum absolute atomic E-state index is 11.2. The van der Waals surface area contributed by atoms with Crippen molar-refractivity contribution in [3.63, 3.8) is 0 Å². The van der Waals surface area contributed by atoms with Gasteiger partial charge in [-0.3, -0.25) is 10.1 Å². The quantitative estimate of drug-likeness (QED) is 0.875. The number of nitrogens with one attached hydrogen (secondary N) is 1. The molecule has 3 nitrogen and oxygen atoms in total. The Morgan fingerprint density at radius 1 is 1.44 bits per heavy atom. The van der Waals surface area contributed by atoms with Crippen LogP contribution in [-0.4, -0.2) is 17.1 Å². The summed E-state index contributed by atoms with van der Waals surface area (Å²) in [5, 5.41) is 13.1.